The molecule has 126 valence electrons. The molecule has 0 spiro atoms. The number of piperidine rings is 1. The van der Waals surface area contributed by atoms with Gasteiger partial charge in [-0.3, -0.25) is 9.69 Å². The van der Waals surface area contributed by atoms with Gasteiger partial charge < -0.3 is 10.4 Å². The van der Waals surface area contributed by atoms with Crippen LogP contribution in [0.15, 0.2) is 24.3 Å². The summed E-state index contributed by atoms with van der Waals surface area (Å²) in [5.41, 5.74) is 1.28. The average molecular weight is 316 g/mol. The number of nitrogens with zero attached hydrogens (tertiary/aromatic N) is 1. The smallest absolute Gasteiger partial charge is 0.252 e. The maximum Gasteiger partial charge on any atom is 0.252 e. The predicted molar refractivity (Wildman–Crippen MR) is 90.8 cm³/mol. The SMILES string of the molecule is O=C(NCc1ccc(CN2CCCCC2)cc1)C1(O)CCCC1. The summed E-state index contributed by atoms with van der Waals surface area (Å²) < 4.78 is 0. The maximum absolute atomic E-state index is 12.1. The fraction of sp³-hybridized carbons (Fsp3) is 0.632. The molecule has 1 aliphatic carbocycles. The van der Waals surface area contributed by atoms with Gasteiger partial charge in [-0.05, 0) is 62.7 Å². The van der Waals surface area contributed by atoms with Gasteiger partial charge in [0, 0.05) is 13.1 Å². The number of amides is 1. The van der Waals surface area contributed by atoms with Gasteiger partial charge in [0.05, 0.1) is 0 Å². The summed E-state index contributed by atoms with van der Waals surface area (Å²) in [7, 11) is 0. The monoisotopic (exact) mass is 316 g/mol. The largest absolute Gasteiger partial charge is 0.380 e. The summed E-state index contributed by atoms with van der Waals surface area (Å²) >= 11 is 0. The average Bonchev–Trinajstić information content (AvgIpc) is 3.03. The Morgan fingerprint density at radius 1 is 1.00 bits per heavy atom. The van der Waals surface area contributed by atoms with Crippen molar-refractivity contribution in [3.63, 3.8) is 0 Å². The van der Waals surface area contributed by atoms with Crippen LogP contribution < -0.4 is 5.32 Å². The first-order chi connectivity index (χ1) is 11.2. The van der Waals surface area contributed by atoms with E-state index in [1.54, 1.807) is 0 Å². The number of nitrogens with one attached hydrogen (secondary N) is 1. The lowest BCUT2D eigenvalue weighted by molar-refractivity contribution is -0.139. The molecule has 0 unspecified atom stereocenters. The van der Waals surface area contributed by atoms with Crippen LogP contribution in [0.4, 0.5) is 0 Å². The quantitative estimate of drug-likeness (QED) is 0.878. The first kappa shape index (κ1) is 16.5. The summed E-state index contributed by atoms with van der Waals surface area (Å²) in [6.45, 7) is 3.92. The van der Waals surface area contributed by atoms with E-state index in [1.807, 2.05) is 0 Å². The van der Waals surface area contributed by atoms with E-state index in [0.717, 1.165) is 24.9 Å². The Kier molecular flexibility index (Phi) is 5.34. The van der Waals surface area contributed by atoms with Crippen molar-refractivity contribution in [2.75, 3.05) is 13.1 Å². The van der Waals surface area contributed by atoms with E-state index < -0.39 is 5.60 Å². The normalized spacial score (nSPS) is 21.3. The van der Waals surface area contributed by atoms with Crippen molar-refractivity contribution in [1.29, 1.82) is 0 Å². The highest BCUT2D eigenvalue weighted by Crippen LogP contribution is 2.29. The van der Waals surface area contributed by atoms with Gasteiger partial charge in [-0.25, -0.2) is 0 Å². The van der Waals surface area contributed by atoms with Gasteiger partial charge in [0.15, 0.2) is 0 Å². The number of carbonyl (C=O) groups excluding carboxylic acids is 1. The molecule has 2 fully saturated rings. The summed E-state index contributed by atoms with van der Waals surface area (Å²) in [6.07, 6.45) is 7.05. The van der Waals surface area contributed by atoms with Crippen molar-refractivity contribution in [3.8, 4) is 0 Å². The highest BCUT2D eigenvalue weighted by molar-refractivity contribution is 5.85. The molecule has 0 atom stereocenters. The zero-order valence-electron chi connectivity index (χ0n) is 13.9. The number of aliphatic hydroxyl groups is 1. The molecule has 2 N–H and O–H groups in total. The van der Waals surface area contributed by atoms with Gasteiger partial charge in [0.2, 0.25) is 0 Å². The Balaban J connectivity index is 1.48. The Labute approximate surface area is 138 Å². The van der Waals surface area contributed by atoms with Crippen molar-refractivity contribution >= 4 is 5.91 Å². The summed E-state index contributed by atoms with van der Waals surface area (Å²) in [6, 6.07) is 8.47. The second kappa shape index (κ2) is 7.45. The third-order valence-electron chi connectivity index (χ3n) is 5.18. The van der Waals surface area contributed by atoms with Crippen molar-refractivity contribution in [2.45, 2.75) is 63.6 Å². The molecule has 1 heterocycles. The van der Waals surface area contributed by atoms with Crippen LogP contribution in [-0.4, -0.2) is 34.6 Å². The molecule has 0 aromatic heterocycles. The van der Waals surface area contributed by atoms with Crippen LogP contribution in [0.3, 0.4) is 0 Å². The predicted octanol–water partition coefficient (Wildman–Crippen LogP) is 2.59. The molecule has 23 heavy (non-hydrogen) atoms. The minimum atomic E-state index is -1.13. The van der Waals surface area contributed by atoms with Crippen LogP contribution in [0.5, 0.6) is 0 Å². The number of carbonyl (C=O) groups is 1. The Bertz CT molecular complexity index is 515. The second-order valence-electron chi connectivity index (χ2n) is 7.07. The highest BCUT2D eigenvalue weighted by atomic mass is 16.3. The number of likely N-dealkylation sites (tertiary alicyclic amines) is 1. The molecule has 1 amide bonds. The third-order valence-corrected chi connectivity index (χ3v) is 5.18. The maximum atomic E-state index is 12.1. The van der Waals surface area contributed by atoms with E-state index in [0.29, 0.717) is 19.4 Å². The van der Waals surface area contributed by atoms with E-state index in [9.17, 15) is 9.90 Å². The number of hydrogen-bond donors (Lipinski definition) is 2. The lowest BCUT2D eigenvalue weighted by Crippen LogP contribution is -2.44. The molecule has 1 aliphatic heterocycles. The van der Waals surface area contributed by atoms with Gasteiger partial charge in [-0.1, -0.05) is 30.7 Å². The van der Waals surface area contributed by atoms with Gasteiger partial charge in [0.1, 0.15) is 5.60 Å². The Morgan fingerprint density at radius 3 is 2.26 bits per heavy atom. The molecule has 3 rings (SSSR count). The molecule has 0 radical (unpaired) electrons. The summed E-state index contributed by atoms with van der Waals surface area (Å²) in [5.74, 6) is -0.215. The van der Waals surface area contributed by atoms with Crippen molar-refractivity contribution in [2.24, 2.45) is 0 Å². The molecule has 1 saturated heterocycles. The lowest BCUT2D eigenvalue weighted by atomic mass is 10.0. The standard InChI is InChI=1S/C19H28N2O2/c22-18(19(23)10-2-3-11-19)20-14-16-6-8-17(9-7-16)15-21-12-4-1-5-13-21/h6-9,23H,1-5,10-15H2,(H,20,22). The highest BCUT2D eigenvalue weighted by Gasteiger charge is 2.38. The van der Waals surface area contributed by atoms with Crippen LogP contribution in [0.1, 0.15) is 56.1 Å². The van der Waals surface area contributed by atoms with E-state index in [2.05, 4.69) is 34.5 Å². The lowest BCUT2D eigenvalue weighted by Gasteiger charge is -2.26. The molecule has 2 aliphatic rings. The molecule has 4 nitrogen and oxygen atoms in total. The number of rotatable bonds is 5. The zero-order chi connectivity index (χ0) is 16.1. The van der Waals surface area contributed by atoms with E-state index >= 15 is 0 Å². The topological polar surface area (TPSA) is 52.6 Å². The zero-order valence-corrected chi connectivity index (χ0v) is 13.9. The van der Waals surface area contributed by atoms with Crippen molar-refractivity contribution < 1.29 is 9.90 Å². The van der Waals surface area contributed by atoms with E-state index in [4.69, 9.17) is 0 Å². The molecule has 1 saturated carbocycles. The minimum absolute atomic E-state index is 0.215. The molecular formula is C19H28N2O2. The third kappa shape index (κ3) is 4.33. The first-order valence-electron chi connectivity index (χ1n) is 8.97. The Hall–Kier alpha value is -1.39. The fourth-order valence-corrected chi connectivity index (χ4v) is 3.67. The molecule has 1 aromatic carbocycles. The van der Waals surface area contributed by atoms with E-state index in [1.165, 1.54) is 37.9 Å². The molecule has 0 bridgehead atoms. The summed E-state index contributed by atoms with van der Waals surface area (Å²) in [5, 5.41) is 13.1. The van der Waals surface area contributed by atoms with E-state index in [-0.39, 0.29) is 5.91 Å². The summed E-state index contributed by atoms with van der Waals surface area (Å²) in [4.78, 5) is 14.6. The van der Waals surface area contributed by atoms with Gasteiger partial charge in [-0.15, -0.1) is 0 Å². The van der Waals surface area contributed by atoms with Gasteiger partial charge >= 0.3 is 0 Å². The van der Waals surface area contributed by atoms with Gasteiger partial charge in [-0.2, -0.15) is 0 Å². The van der Waals surface area contributed by atoms with Crippen LogP contribution in [-0.2, 0) is 17.9 Å². The second-order valence-corrected chi connectivity index (χ2v) is 7.07. The number of hydrogen-bond acceptors (Lipinski definition) is 3. The van der Waals surface area contributed by atoms with Crippen molar-refractivity contribution in [1.82, 2.24) is 10.2 Å². The van der Waals surface area contributed by atoms with Crippen LogP contribution in [0.25, 0.3) is 0 Å². The van der Waals surface area contributed by atoms with Crippen molar-refractivity contribution in [3.05, 3.63) is 35.4 Å². The Morgan fingerprint density at radius 2 is 1.61 bits per heavy atom. The van der Waals surface area contributed by atoms with Crippen LogP contribution >= 0.6 is 0 Å². The van der Waals surface area contributed by atoms with Crippen LogP contribution in [0.2, 0.25) is 0 Å². The molecule has 4 heteroatoms. The van der Waals surface area contributed by atoms with Gasteiger partial charge in [0.25, 0.3) is 5.91 Å². The molecule has 1 aromatic rings. The first-order valence-corrected chi connectivity index (χ1v) is 8.97. The van der Waals surface area contributed by atoms with Crippen LogP contribution in [0, 0.1) is 0 Å². The fourth-order valence-electron chi connectivity index (χ4n) is 3.67. The minimum Gasteiger partial charge on any atom is -0.380 e. The molecular weight excluding hydrogens is 288 g/mol. The number of benzene rings is 1.